The van der Waals surface area contributed by atoms with Crippen molar-refractivity contribution in [1.82, 2.24) is 9.88 Å². The van der Waals surface area contributed by atoms with E-state index in [0.717, 1.165) is 10.9 Å². The topological polar surface area (TPSA) is 79.5 Å². The first-order valence-corrected chi connectivity index (χ1v) is 8.60. The van der Waals surface area contributed by atoms with Crippen LogP contribution < -0.4 is 0 Å². The third-order valence-electron chi connectivity index (χ3n) is 4.72. The SMILES string of the molecule is CCOC(=O)C1CCN(C(=O)C(=O)c2c(C)[nH]c3ccccc23)CC1. The first kappa shape index (κ1) is 17.2. The lowest BCUT2D eigenvalue weighted by Gasteiger charge is -2.30. The zero-order valence-electron chi connectivity index (χ0n) is 14.5. The fourth-order valence-corrected chi connectivity index (χ4v) is 3.40. The summed E-state index contributed by atoms with van der Waals surface area (Å²) < 4.78 is 5.03. The molecule has 0 aliphatic carbocycles. The maximum absolute atomic E-state index is 12.8. The highest BCUT2D eigenvalue weighted by Gasteiger charge is 2.32. The largest absolute Gasteiger partial charge is 0.466 e. The Morgan fingerprint density at radius 1 is 1.20 bits per heavy atom. The number of benzene rings is 1. The molecule has 0 atom stereocenters. The minimum atomic E-state index is -0.504. The fraction of sp³-hybridized carbons (Fsp3) is 0.421. The predicted molar refractivity (Wildman–Crippen MR) is 93.3 cm³/mol. The van der Waals surface area contributed by atoms with Crippen molar-refractivity contribution in [2.75, 3.05) is 19.7 Å². The van der Waals surface area contributed by atoms with Crippen LogP contribution >= 0.6 is 0 Å². The first-order valence-electron chi connectivity index (χ1n) is 8.60. The zero-order chi connectivity index (χ0) is 18.0. The van der Waals surface area contributed by atoms with Crippen LogP contribution in [0, 0.1) is 12.8 Å². The summed E-state index contributed by atoms with van der Waals surface area (Å²) in [6, 6.07) is 7.46. The van der Waals surface area contributed by atoms with Gasteiger partial charge in [-0.1, -0.05) is 18.2 Å². The summed E-state index contributed by atoms with van der Waals surface area (Å²) in [5.74, 6) is -1.40. The van der Waals surface area contributed by atoms with E-state index in [-0.39, 0.29) is 11.9 Å². The van der Waals surface area contributed by atoms with Crippen LogP contribution in [0.25, 0.3) is 10.9 Å². The first-order chi connectivity index (χ1) is 12.0. The highest BCUT2D eigenvalue weighted by molar-refractivity contribution is 6.45. The number of nitrogens with zero attached hydrogens (tertiary/aromatic N) is 1. The maximum atomic E-state index is 12.8. The minimum absolute atomic E-state index is 0.186. The molecule has 25 heavy (non-hydrogen) atoms. The quantitative estimate of drug-likeness (QED) is 0.526. The number of ketones is 1. The molecule has 1 N–H and O–H groups in total. The number of hydrogen-bond donors (Lipinski definition) is 1. The third kappa shape index (κ3) is 3.29. The standard InChI is InChI=1S/C19H22N2O4/c1-3-25-19(24)13-8-10-21(11-9-13)18(23)17(22)16-12(2)20-15-7-5-4-6-14(15)16/h4-7,13,20H,3,8-11H2,1-2H3. The molecule has 0 bridgehead atoms. The fourth-order valence-electron chi connectivity index (χ4n) is 3.40. The Hall–Kier alpha value is -2.63. The molecule has 2 heterocycles. The third-order valence-corrected chi connectivity index (χ3v) is 4.72. The van der Waals surface area contributed by atoms with Crippen LogP contribution in [0.3, 0.4) is 0 Å². The Morgan fingerprint density at radius 3 is 2.56 bits per heavy atom. The van der Waals surface area contributed by atoms with Gasteiger partial charge in [0.25, 0.3) is 11.7 Å². The molecule has 0 unspecified atom stereocenters. The lowest BCUT2D eigenvalue weighted by molar-refractivity contribution is -0.150. The van der Waals surface area contributed by atoms with Gasteiger partial charge in [0.2, 0.25) is 0 Å². The van der Waals surface area contributed by atoms with Gasteiger partial charge in [-0.25, -0.2) is 0 Å². The number of aromatic amines is 1. The Balaban J connectivity index is 1.72. The van der Waals surface area contributed by atoms with Crippen molar-refractivity contribution < 1.29 is 19.1 Å². The van der Waals surface area contributed by atoms with Gasteiger partial charge in [-0.15, -0.1) is 0 Å². The number of piperidine rings is 1. The van der Waals surface area contributed by atoms with Gasteiger partial charge in [-0.3, -0.25) is 14.4 Å². The molecule has 0 saturated carbocycles. The number of aromatic nitrogens is 1. The number of hydrogen-bond acceptors (Lipinski definition) is 4. The van der Waals surface area contributed by atoms with Gasteiger partial charge in [0, 0.05) is 29.7 Å². The Labute approximate surface area is 146 Å². The summed E-state index contributed by atoms with van der Waals surface area (Å²) in [4.78, 5) is 41.9. The van der Waals surface area contributed by atoms with Crippen LogP contribution in [0.15, 0.2) is 24.3 Å². The van der Waals surface area contributed by atoms with Gasteiger partial charge < -0.3 is 14.6 Å². The van der Waals surface area contributed by atoms with Crippen molar-refractivity contribution in [2.24, 2.45) is 5.92 Å². The number of fused-ring (bicyclic) bond motifs is 1. The van der Waals surface area contributed by atoms with Crippen LogP contribution in [-0.4, -0.2) is 47.2 Å². The molecule has 132 valence electrons. The smallest absolute Gasteiger partial charge is 0.309 e. The van der Waals surface area contributed by atoms with E-state index in [1.807, 2.05) is 24.3 Å². The van der Waals surface area contributed by atoms with Gasteiger partial charge in [-0.05, 0) is 32.8 Å². The van der Waals surface area contributed by atoms with E-state index in [9.17, 15) is 14.4 Å². The molecule has 1 amide bonds. The highest BCUT2D eigenvalue weighted by Crippen LogP contribution is 2.24. The van der Waals surface area contributed by atoms with E-state index >= 15 is 0 Å². The number of Topliss-reactive ketones (excluding diaryl/α,β-unsaturated/α-hetero) is 1. The number of aryl methyl sites for hydroxylation is 1. The molecule has 2 aromatic rings. The van der Waals surface area contributed by atoms with E-state index in [4.69, 9.17) is 4.74 Å². The summed E-state index contributed by atoms with van der Waals surface area (Å²) in [6.45, 7) is 4.73. The predicted octanol–water partition coefficient (Wildman–Crippen LogP) is 2.46. The van der Waals surface area contributed by atoms with Crippen molar-refractivity contribution in [2.45, 2.75) is 26.7 Å². The molecule has 0 radical (unpaired) electrons. The normalized spacial score (nSPS) is 15.4. The van der Waals surface area contributed by atoms with Crippen molar-refractivity contribution in [1.29, 1.82) is 0 Å². The average Bonchev–Trinajstić information content (AvgIpc) is 2.96. The molecule has 1 aliphatic heterocycles. The number of carbonyl (C=O) groups excluding carboxylic acids is 3. The second kappa shape index (κ2) is 7.09. The number of rotatable bonds is 4. The molecule has 1 saturated heterocycles. The van der Waals surface area contributed by atoms with E-state index < -0.39 is 11.7 Å². The van der Waals surface area contributed by atoms with Crippen LogP contribution in [-0.2, 0) is 14.3 Å². The van der Waals surface area contributed by atoms with Crippen molar-refractivity contribution in [3.05, 3.63) is 35.5 Å². The van der Waals surface area contributed by atoms with E-state index in [2.05, 4.69) is 4.98 Å². The summed E-state index contributed by atoms with van der Waals surface area (Å²) in [7, 11) is 0. The number of nitrogens with one attached hydrogen (secondary N) is 1. The number of amides is 1. The lowest BCUT2D eigenvalue weighted by atomic mass is 9.96. The Kier molecular flexibility index (Phi) is 4.88. The molecular formula is C19H22N2O4. The van der Waals surface area contributed by atoms with Crippen LogP contribution in [0.5, 0.6) is 0 Å². The van der Waals surface area contributed by atoms with Crippen LogP contribution in [0.1, 0.15) is 35.8 Å². The van der Waals surface area contributed by atoms with Crippen LogP contribution in [0.2, 0.25) is 0 Å². The summed E-state index contributed by atoms with van der Waals surface area (Å²) in [5.41, 5.74) is 1.98. The summed E-state index contributed by atoms with van der Waals surface area (Å²) in [5, 5.41) is 0.764. The Morgan fingerprint density at radius 2 is 1.88 bits per heavy atom. The number of para-hydroxylation sites is 1. The number of esters is 1. The number of likely N-dealkylation sites (tertiary alicyclic amines) is 1. The minimum Gasteiger partial charge on any atom is -0.466 e. The van der Waals surface area contributed by atoms with E-state index in [0.29, 0.717) is 43.8 Å². The maximum Gasteiger partial charge on any atom is 0.309 e. The molecule has 6 heteroatoms. The van der Waals surface area contributed by atoms with Gasteiger partial charge in [-0.2, -0.15) is 0 Å². The molecule has 6 nitrogen and oxygen atoms in total. The number of ether oxygens (including phenoxy) is 1. The molecule has 1 aromatic heterocycles. The monoisotopic (exact) mass is 342 g/mol. The van der Waals surface area contributed by atoms with Crippen molar-refractivity contribution in [3.63, 3.8) is 0 Å². The molecule has 3 rings (SSSR count). The average molecular weight is 342 g/mol. The molecule has 0 spiro atoms. The number of carbonyl (C=O) groups is 3. The number of H-pyrrole nitrogens is 1. The molecular weight excluding hydrogens is 320 g/mol. The van der Waals surface area contributed by atoms with Gasteiger partial charge >= 0.3 is 5.97 Å². The summed E-state index contributed by atoms with van der Waals surface area (Å²) >= 11 is 0. The molecule has 1 fully saturated rings. The summed E-state index contributed by atoms with van der Waals surface area (Å²) in [6.07, 6.45) is 1.06. The zero-order valence-corrected chi connectivity index (χ0v) is 14.5. The Bertz CT molecular complexity index is 816. The lowest BCUT2D eigenvalue weighted by Crippen LogP contribution is -2.43. The van der Waals surface area contributed by atoms with Crippen molar-refractivity contribution in [3.8, 4) is 0 Å². The molecule has 1 aliphatic rings. The van der Waals surface area contributed by atoms with Crippen LogP contribution in [0.4, 0.5) is 0 Å². The highest BCUT2D eigenvalue weighted by atomic mass is 16.5. The van der Waals surface area contributed by atoms with Gasteiger partial charge in [0.05, 0.1) is 18.1 Å². The second-order valence-electron chi connectivity index (χ2n) is 6.32. The van der Waals surface area contributed by atoms with Gasteiger partial charge in [0.1, 0.15) is 0 Å². The van der Waals surface area contributed by atoms with Gasteiger partial charge in [0.15, 0.2) is 0 Å². The van der Waals surface area contributed by atoms with E-state index in [1.165, 1.54) is 0 Å². The van der Waals surface area contributed by atoms with E-state index in [1.54, 1.807) is 18.7 Å². The van der Waals surface area contributed by atoms with Crippen molar-refractivity contribution >= 4 is 28.6 Å². The molecule has 1 aromatic carbocycles. The second-order valence-corrected chi connectivity index (χ2v) is 6.32.